The monoisotopic (exact) mass is 403 g/mol. The molecule has 0 aromatic heterocycles. The Morgan fingerprint density at radius 2 is 1.69 bits per heavy atom. The number of hydrogen-bond acceptors (Lipinski definition) is 6. The summed E-state index contributed by atoms with van der Waals surface area (Å²) in [6, 6.07) is 5.19. The first-order valence-corrected chi connectivity index (χ1v) is 11.4. The Morgan fingerprint density at radius 1 is 1.08 bits per heavy atom. The van der Waals surface area contributed by atoms with Crippen LogP contribution in [0.4, 0.5) is 5.69 Å². The summed E-state index contributed by atoms with van der Waals surface area (Å²) in [6.45, 7) is 0.902. The molecule has 1 aromatic rings. The second-order valence-electron chi connectivity index (χ2n) is 6.66. The van der Waals surface area contributed by atoms with Gasteiger partial charge in [0.15, 0.2) is 4.90 Å². The van der Waals surface area contributed by atoms with Crippen molar-refractivity contribution in [3.8, 4) is 0 Å². The van der Waals surface area contributed by atoms with E-state index in [1.165, 1.54) is 22.5 Å². The molecule has 1 saturated heterocycles. The number of nitro benzene ring substituents is 1. The second-order valence-corrected chi connectivity index (χ2v) is 10.6. The topological polar surface area (TPSA) is 127 Å². The van der Waals surface area contributed by atoms with Crippen LogP contribution in [0, 0.1) is 16.0 Å². The molecule has 1 aliphatic carbocycles. The molecular weight excluding hydrogens is 382 g/mol. The molecule has 0 radical (unpaired) electrons. The van der Waals surface area contributed by atoms with Crippen molar-refractivity contribution in [2.45, 2.75) is 35.8 Å². The number of benzene rings is 1. The lowest BCUT2D eigenvalue weighted by molar-refractivity contribution is -0.387. The van der Waals surface area contributed by atoms with Gasteiger partial charge in [0.05, 0.1) is 10.2 Å². The summed E-state index contributed by atoms with van der Waals surface area (Å²) in [5.41, 5.74) is -0.467. The maximum atomic E-state index is 12.4. The molecule has 3 rings (SSSR count). The van der Waals surface area contributed by atoms with Crippen LogP contribution in [0.15, 0.2) is 29.2 Å². The lowest BCUT2D eigenvalue weighted by Crippen LogP contribution is -2.42. The Hall–Kier alpha value is -1.56. The predicted octanol–water partition coefficient (Wildman–Crippen LogP) is 1.08. The van der Waals surface area contributed by atoms with Crippen LogP contribution in [0.1, 0.15) is 25.7 Å². The molecular formula is C15H21N3O6S2. The van der Waals surface area contributed by atoms with Gasteiger partial charge in [-0.1, -0.05) is 12.1 Å². The highest BCUT2D eigenvalue weighted by Gasteiger charge is 2.41. The molecule has 26 heavy (non-hydrogen) atoms. The normalized spacial score (nSPS) is 20.2. The Morgan fingerprint density at radius 3 is 2.27 bits per heavy atom. The molecule has 0 unspecified atom stereocenters. The van der Waals surface area contributed by atoms with E-state index in [2.05, 4.69) is 4.72 Å². The molecule has 0 bridgehead atoms. The molecule has 0 amide bonds. The summed E-state index contributed by atoms with van der Waals surface area (Å²) in [5, 5.41) is 10.8. The quantitative estimate of drug-likeness (QED) is 0.536. The number of hydrogen-bond donors (Lipinski definition) is 1. The summed E-state index contributed by atoms with van der Waals surface area (Å²) >= 11 is 0. The minimum absolute atomic E-state index is 0.00167. The summed E-state index contributed by atoms with van der Waals surface area (Å²) in [5.74, 6) is -0.00167. The van der Waals surface area contributed by atoms with Gasteiger partial charge in [-0.05, 0) is 37.7 Å². The van der Waals surface area contributed by atoms with Gasteiger partial charge in [0.25, 0.3) is 5.69 Å². The first kappa shape index (κ1) is 19.2. The number of nitrogens with one attached hydrogen (secondary N) is 1. The average Bonchev–Trinajstić information content (AvgIpc) is 3.46. The fourth-order valence-electron chi connectivity index (χ4n) is 3.09. The number of para-hydroxylation sites is 1. The highest BCUT2D eigenvalue weighted by molar-refractivity contribution is 7.90. The molecule has 1 aromatic carbocycles. The largest absolute Gasteiger partial charge is 0.289 e. The van der Waals surface area contributed by atoms with Crippen LogP contribution >= 0.6 is 0 Å². The van der Waals surface area contributed by atoms with Gasteiger partial charge in [0, 0.05) is 25.7 Å². The Bertz CT molecular complexity index is 888. The first-order chi connectivity index (χ1) is 12.2. The van der Waals surface area contributed by atoms with Crippen LogP contribution in [-0.2, 0) is 20.0 Å². The van der Waals surface area contributed by atoms with Gasteiger partial charge in [-0.15, -0.1) is 0 Å². The molecule has 1 heterocycles. The SMILES string of the molecule is O=[N+]([O-])c1ccccc1S(=O)(=O)NCC1CCN(S(=O)(=O)C2CC2)CC1. The number of rotatable bonds is 7. The predicted molar refractivity (Wildman–Crippen MR) is 94.5 cm³/mol. The lowest BCUT2D eigenvalue weighted by atomic mass is 9.99. The third-order valence-electron chi connectivity index (χ3n) is 4.79. The zero-order valence-electron chi connectivity index (χ0n) is 14.1. The van der Waals surface area contributed by atoms with Crippen molar-refractivity contribution < 1.29 is 21.8 Å². The van der Waals surface area contributed by atoms with Gasteiger partial charge in [-0.3, -0.25) is 10.1 Å². The van der Waals surface area contributed by atoms with Crippen molar-refractivity contribution in [2.75, 3.05) is 19.6 Å². The standard InChI is InChI=1S/C15H21N3O6S2/c19-18(20)14-3-1-2-4-15(14)25(21,22)16-11-12-7-9-17(10-8-12)26(23,24)13-5-6-13/h1-4,12-13,16H,5-11H2. The number of sulfonamides is 2. The van der Waals surface area contributed by atoms with Gasteiger partial charge in [-0.25, -0.2) is 25.9 Å². The molecule has 2 fully saturated rings. The summed E-state index contributed by atoms with van der Waals surface area (Å²) in [4.78, 5) is 9.93. The fourth-order valence-corrected chi connectivity index (χ4v) is 6.24. The van der Waals surface area contributed by atoms with Gasteiger partial charge < -0.3 is 0 Å². The minimum atomic E-state index is -4.00. The number of nitrogens with zero attached hydrogens (tertiary/aromatic N) is 2. The zero-order chi connectivity index (χ0) is 18.9. The number of nitro groups is 1. The van der Waals surface area contributed by atoms with Gasteiger partial charge >= 0.3 is 0 Å². The van der Waals surface area contributed by atoms with E-state index < -0.39 is 30.7 Å². The van der Waals surface area contributed by atoms with Crippen LogP contribution in [0.25, 0.3) is 0 Å². The van der Waals surface area contributed by atoms with E-state index in [9.17, 15) is 26.9 Å². The van der Waals surface area contributed by atoms with E-state index in [0.717, 1.165) is 18.9 Å². The number of piperidine rings is 1. The fraction of sp³-hybridized carbons (Fsp3) is 0.600. The van der Waals surface area contributed by atoms with Crippen molar-refractivity contribution in [3.63, 3.8) is 0 Å². The smallest absolute Gasteiger partial charge is 0.258 e. The van der Waals surface area contributed by atoms with Crippen molar-refractivity contribution >= 4 is 25.7 Å². The Kier molecular flexibility index (Phi) is 5.33. The van der Waals surface area contributed by atoms with Gasteiger partial charge in [0.2, 0.25) is 20.0 Å². The molecule has 1 aliphatic heterocycles. The molecule has 1 N–H and O–H groups in total. The van der Waals surface area contributed by atoms with E-state index in [1.807, 2.05) is 0 Å². The van der Waals surface area contributed by atoms with E-state index in [0.29, 0.717) is 25.9 Å². The third kappa shape index (κ3) is 4.05. The van der Waals surface area contributed by atoms with Crippen molar-refractivity contribution in [2.24, 2.45) is 5.92 Å². The zero-order valence-corrected chi connectivity index (χ0v) is 15.7. The molecule has 0 atom stereocenters. The molecule has 2 aliphatic rings. The highest BCUT2D eigenvalue weighted by atomic mass is 32.2. The summed E-state index contributed by atoms with van der Waals surface area (Å²) < 4.78 is 53.1. The van der Waals surface area contributed by atoms with Crippen LogP contribution in [-0.4, -0.2) is 50.9 Å². The summed E-state index contributed by atoms with van der Waals surface area (Å²) in [6.07, 6.45) is 2.56. The maximum Gasteiger partial charge on any atom is 0.289 e. The minimum Gasteiger partial charge on any atom is -0.258 e. The Balaban J connectivity index is 1.59. The van der Waals surface area contributed by atoms with Crippen LogP contribution < -0.4 is 4.72 Å². The van der Waals surface area contributed by atoms with E-state index in [1.54, 1.807) is 0 Å². The molecule has 1 saturated carbocycles. The van der Waals surface area contributed by atoms with E-state index in [4.69, 9.17) is 0 Å². The molecule has 9 nitrogen and oxygen atoms in total. The maximum absolute atomic E-state index is 12.4. The van der Waals surface area contributed by atoms with Gasteiger partial charge in [0.1, 0.15) is 0 Å². The average molecular weight is 403 g/mol. The van der Waals surface area contributed by atoms with E-state index >= 15 is 0 Å². The van der Waals surface area contributed by atoms with E-state index in [-0.39, 0.29) is 22.6 Å². The molecule has 144 valence electrons. The third-order valence-corrected chi connectivity index (χ3v) is 8.66. The van der Waals surface area contributed by atoms with Crippen LogP contribution in [0.2, 0.25) is 0 Å². The summed E-state index contributed by atoms with van der Waals surface area (Å²) in [7, 11) is -7.20. The van der Waals surface area contributed by atoms with Crippen molar-refractivity contribution in [1.29, 1.82) is 0 Å². The Labute approximate surface area is 152 Å². The van der Waals surface area contributed by atoms with Crippen LogP contribution in [0.5, 0.6) is 0 Å². The lowest BCUT2D eigenvalue weighted by Gasteiger charge is -2.31. The molecule has 11 heteroatoms. The van der Waals surface area contributed by atoms with Crippen molar-refractivity contribution in [3.05, 3.63) is 34.4 Å². The molecule has 0 spiro atoms. The first-order valence-electron chi connectivity index (χ1n) is 8.44. The second kappa shape index (κ2) is 7.22. The highest BCUT2D eigenvalue weighted by Crippen LogP contribution is 2.33. The van der Waals surface area contributed by atoms with Crippen molar-refractivity contribution in [1.82, 2.24) is 9.03 Å². The van der Waals surface area contributed by atoms with Gasteiger partial charge in [-0.2, -0.15) is 0 Å². The van der Waals surface area contributed by atoms with Crippen LogP contribution in [0.3, 0.4) is 0 Å².